The van der Waals surface area contributed by atoms with E-state index >= 15 is 0 Å². The summed E-state index contributed by atoms with van der Waals surface area (Å²) >= 11 is 1.56. The number of ether oxygens (including phenoxy) is 1. The van der Waals surface area contributed by atoms with Gasteiger partial charge in [-0.25, -0.2) is 4.98 Å². The number of hydrogen-bond acceptors (Lipinski definition) is 7. The molecular weight excluding hydrogens is 422 g/mol. The molecule has 2 aromatic carbocycles. The summed E-state index contributed by atoms with van der Waals surface area (Å²) in [5, 5.41) is 16.1. The Labute approximate surface area is 189 Å². The molecule has 0 aliphatic heterocycles. The van der Waals surface area contributed by atoms with Crippen LogP contribution in [0.25, 0.3) is 17.0 Å². The first-order chi connectivity index (χ1) is 15.7. The first kappa shape index (κ1) is 20.1. The lowest BCUT2D eigenvalue weighted by atomic mass is 10.2. The summed E-state index contributed by atoms with van der Waals surface area (Å²) in [5.41, 5.74) is 4.02. The fourth-order valence-corrected chi connectivity index (χ4v) is 4.04. The van der Waals surface area contributed by atoms with Crippen LogP contribution in [-0.4, -0.2) is 36.9 Å². The number of aryl methyl sites for hydroxylation is 1. The summed E-state index contributed by atoms with van der Waals surface area (Å²) < 4.78 is 6.92. The van der Waals surface area contributed by atoms with Gasteiger partial charge in [-0.15, -0.1) is 5.10 Å². The molecule has 0 spiro atoms. The van der Waals surface area contributed by atoms with Gasteiger partial charge in [0.2, 0.25) is 5.16 Å². The molecule has 0 aliphatic rings. The minimum Gasteiger partial charge on any atom is -0.497 e. The van der Waals surface area contributed by atoms with Gasteiger partial charge in [-0.3, -0.25) is 5.10 Å². The highest BCUT2D eigenvalue weighted by Gasteiger charge is 2.12. The van der Waals surface area contributed by atoms with E-state index in [1.54, 1.807) is 23.4 Å². The van der Waals surface area contributed by atoms with Crippen molar-refractivity contribution in [1.82, 2.24) is 29.8 Å². The highest BCUT2D eigenvalue weighted by molar-refractivity contribution is 7.98. The predicted molar refractivity (Wildman–Crippen MR) is 125 cm³/mol. The number of aromatic amines is 1. The molecule has 0 atom stereocenters. The molecular formula is C23H21N7OS. The molecule has 9 heteroatoms. The van der Waals surface area contributed by atoms with E-state index in [2.05, 4.69) is 30.6 Å². The van der Waals surface area contributed by atoms with Crippen LogP contribution in [0, 0.1) is 6.92 Å². The normalized spacial score (nSPS) is 11.1. The molecule has 5 rings (SSSR count). The maximum absolute atomic E-state index is 5.21. The zero-order valence-corrected chi connectivity index (χ0v) is 18.4. The Morgan fingerprint density at radius 2 is 1.84 bits per heavy atom. The van der Waals surface area contributed by atoms with E-state index < -0.39 is 0 Å². The third-order valence-corrected chi connectivity index (χ3v) is 5.78. The third kappa shape index (κ3) is 4.28. The summed E-state index contributed by atoms with van der Waals surface area (Å²) in [7, 11) is 1.66. The van der Waals surface area contributed by atoms with E-state index in [4.69, 9.17) is 4.74 Å². The van der Waals surface area contributed by atoms with Crippen molar-refractivity contribution in [3.63, 3.8) is 0 Å². The Kier molecular flexibility index (Phi) is 5.47. The first-order valence-electron chi connectivity index (χ1n) is 10.1. The smallest absolute Gasteiger partial charge is 0.255 e. The summed E-state index contributed by atoms with van der Waals surface area (Å²) in [6.07, 6.45) is 0. The fraction of sp³-hybridized carbons (Fsp3) is 0.130. The second-order valence-corrected chi connectivity index (χ2v) is 8.13. The maximum Gasteiger partial charge on any atom is 0.255 e. The van der Waals surface area contributed by atoms with Gasteiger partial charge in [0.15, 0.2) is 5.82 Å². The lowest BCUT2D eigenvalue weighted by Crippen LogP contribution is -2.02. The second kappa shape index (κ2) is 8.72. The maximum atomic E-state index is 5.21. The lowest BCUT2D eigenvalue weighted by Gasteiger charge is -2.05. The van der Waals surface area contributed by atoms with Crippen molar-refractivity contribution >= 4 is 29.2 Å². The van der Waals surface area contributed by atoms with Crippen LogP contribution in [0.2, 0.25) is 0 Å². The van der Waals surface area contributed by atoms with Crippen molar-refractivity contribution in [3.05, 3.63) is 78.0 Å². The largest absolute Gasteiger partial charge is 0.497 e. The van der Waals surface area contributed by atoms with Gasteiger partial charge in [-0.05, 0) is 30.2 Å². The quantitative estimate of drug-likeness (QED) is 0.347. The van der Waals surface area contributed by atoms with E-state index in [9.17, 15) is 0 Å². The molecule has 3 aromatic heterocycles. The fourth-order valence-electron chi connectivity index (χ4n) is 3.27. The molecule has 0 unspecified atom stereocenters. The average molecular weight is 444 g/mol. The molecule has 2 N–H and O–H groups in total. The second-order valence-electron chi connectivity index (χ2n) is 7.18. The molecule has 0 saturated carbocycles. The molecule has 0 radical (unpaired) electrons. The number of rotatable bonds is 7. The van der Waals surface area contributed by atoms with Gasteiger partial charge in [0, 0.05) is 23.6 Å². The van der Waals surface area contributed by atoms with Crippen molar-refractivity contribution in [2.24, 2.45) is 0 Å². The average Bonchev–Trinajstić information content (AvgIpc) is 3.45. The van der Waals surface area contributed by atoms with Gasteiger partial charge in [0.25, 0.3) is 5.78 Å². The number of nitrogens with zero attached hydrogens (tertiary/aromatic N) is 5. The molecule has 3 heterocycles. The van der Waals surface area contributed by atoms with Gasteiger partial charge in [-0.1, -0.05) is 54.2 Å². The molecule has 0 fully saturated rings. The van der Waals surface area contributed by atoms with Crippen molar-refractivity contribution < 1.29 is 4.74 Å². The Morgan fingerprint density at radius 1 is 1.03 bits per heavy atom. The summed E-state index contributed by atoms with van der Waals surface area (Å²) in [6.45, 7) is 1.93. The molecule has 32 heavy (non-hydrogen) atoms. The highest BCUT2D eigenvalue weighted by Crippen LogP contribution is 2.25. The Bertz CT molecular complexity index is 1350. The topological polar surface area (TPSA) is 93.0 Å². The van der Waals surface area contributed by atoms with E-state index in [-0.39, 0.29) is 0 Å². The third-order valence-electron chi connectivity index (χ3n) is 4.87. The van der Waals surface area contributed by atoms with Crippen molar-refractivity contribution in [2.75, 3.05) is 12.4 Å². The first-order valence-corrected chi connectivity index (χ1v) is 11.0. The van der Waals surface area contributed by atoms with E-state index in [1.165, 1.54) is 5.56 Å². The van der Waals surface area contributed by atoms with Gasteiger partial charge in [0.1, 0.15) is 11.6 Å². The number of hydrogen-bond donors (Lipinski definition) is 2. The number of methoxy groups -OCH3 is 1. The minimum atomic E-state index is 0.545. The molecule has 160 valence electrons. The van der Waals surface area contributed by atoms with E-state index in [0.29, 0.717) is 16.8 Å². The van der Waals surface area contributed by atoms with Crippen LogP contribution in [0.15, 0.2) is 71.9 Å². The van der Waals surface area contributed by atoms with Crippen molar-refractivity contribution in [1.29, 1.82) is 0 Å². The zero-order chi connectivity index (χ0) is 21.9. The van der Waals surface area contributed by atoms with Crippen LogP contribution in [0.3, 0.4) is 0 Å². The van der Waals surface area contributed by atoms with Gasteiger partial charge >= 0.3 is 0 Å². The van der Waals surface area contributed by atoms with Gasteiger partial charge in [-0.2, -0.15) is 14.6 Å². The van der Waals surface area contributed by atoms with Crippen LogP contribution in [0.4, 0.5) is 11.6 Å². The minimum absolute atomic E-state index is 0.545. The predicted octanol–water partition coefficient (Wildman–Crippen LogP) is 4.87. The van der Waals surface area contributed by atoms with Crippen LogP contribution >= 0.6 is 11.8 Å². The zero-order valence-electron chi connectivity index (χ0n) is 17.6. The van der Waals surface area contributed by atoms with Crippen molar-refractivity contribution in [3.8, 4) is 17.0 Å². The molecule has 0 saturated heterocycles. The molecule has 0 amide bonds. The Morgan fingerprint density at radius 3 is 2.62 bits per heavy atom. The van der Waals surface area contributed by atoms with Crippen LogP contribution < -0.4 is 10.1 Å². The van der Waals surface area contributed by atoms with Crippen LogP contribution in [0.5, 0.6) is 5.75 Å². The highest BCUT2D eigenvalue weighted by atomic mass is 32.2. The Hall–Kier alpha value is -3.85. The number of H-pyrrole nitrogens is 1. The molecule has 0 aliphatic carbocycles. The number of thioether (sulfide) groups is 1. The van der Waals surface area contributed by atoms with Crippen LogP contribution in [0.1, 0.15) is 11.3 Å². The van der Waals surface area contributed by atoms with Gasteiger partial charge < -0.3 is 10.1 Å². The monoisotopic (exact) mass is 443 g/mol. The summed E-state index contributed by atoms with van der Waals surface area (Å²) in [6, 6.07) is 21.9. The summed E-state index contributed by atoms with van der Waals surface area (Å²) in [4.78, 5) is 9.11. The lowest BCUT2D eigenvalue weighted by molar-refractivity contribution is 0.414. The number of fused-ring (bicyclic) bond motifs is 1. The standard InChI is InChI=1S/C23H21N7OS/c1-15-12-21(25-20-13-19(27-28-20)17-6-4-3-5-7-17)30-22(24-15)26-23(29-30)32-14-16-8-10-18(31-2)11-9-16/h3-13H,14H2,1-2H3,(H2,25,27,28). The van der Waals surface area contributed by atoms with Crippen molar-refractivity contribution in [2.45, 2.75) is 17.8 Å². The SMILES string of the molecule is COc1ccc(CSc2nc3nc(C)cc(Nc4cc(-c5ccccc5)[nH]n4)n3n2)cc1. The summed E-state index contributed by atoms with van der Waals surface area (Å²) in [5.74, 6) is 3.58. The number of aromatic nitrogens is 6. The van der Waals surface area contributed by atoms with Crippen LogP contribution in [-0.2, 0) is 5.75 Å². The molecule has 5 aromatic rings. The van der Waals surface area contributed by atoms with E-state index in [0.717, 1.165) is 34.3 Å². The molecule has 8 nitrogen and oxygen atoms in total. The number of nitrogens with one attached hydrogen (secondary N) is 2. The Balaban J connectivity index is 1.36. The molecule has 0 bridgehead atoms. The van der Waals surface area contributed by atoms with E-state index in [1.807, 2.05) is 73.7 Å². The number of anilines is 2. The van der Waals surface area contributed by atoms with Gasteiger partial charge in [0.05, 0.1) is 12.8 Å². The number of benzene rings is 2.